The van der Waals surface area contributed by atoms with Gasteiger partial charge in [-0.2, -0.15) is 0 Å². The Morgan fingerprint density at radius 1 is 1.12 bits per heavy atom. The van der Waals surface area contributed by atoms with Crippen molar-refractivity contribution in [2.45, 2.75) is 17.9 Å². The van der Waals surface area contributed by atoms with E-state index in [9.17, 15) is 13.2 Å². The fourth-order valence-electron chi connectivity index (χ4n) is 2.19. The molecule has 2 rings (SSSR count). The first-order valence-electron chi connectivity index (χ1n) is 6.96. The summed E-state index contributed by atoms with van der Waals surface area (Å²) in [6, 6.07) is 10.5. The van der Waals surface area contributed by atoms with E-state index in [1.807, 2.05) is 6.92 Å². The van der Waals surface area contributed by atoms with Gasteiger partial charge < -0.3 is 4.90 Å². The smallest absolute Gasteiger partial charge is 0.255 e. The minimum absolute atomic E-state index is 0.0215. The van der Waals surface area contributed by atoms with E-state index in [-0.39, 0.29) is 21.9 Å². The van der Waals surface area contributed by atoms with Crippen LogP contribution in [0.4, 0.5) is 0 Å². The van der Waals surface area contributed by atoms with Gasteiger partial charge in [-0.05, 0) is 42.8 Å². The molecule has 128 valence electrons. The monoisotopic (exact) mass is 386 g/mol. The third-order valence-corrected chi connectivity index (χ3v) is 5.23. The highest BCUT2D eigenvalue weighted by molar-refractivity contribution is 7.89. The van der Waals surface area contributed by atoms with Crippen molar-refractivity contribution < 1.29 is 13.2 Å². The number of primary sulfonamides is 1. The molecule has 0 spiro atoms. The normalized spacial score (nSPS) is 12.7. The number of hydrogen-bond acceptors (Lipinski definition) is 3. The van der Waals surface area contributed by atoms with Crippen molar-refractivity contribution in [1.29, 1.82) is 0 Å². The highest BCUT2D eigenvalue weighted by Gasteiger charge is 2.21. The largest absolute Gasteiger partial charge is 0.335 e. The Morgan fingerprint density at radius 2 is 1.71 bits per heavy atom. The summed E-state index contributed by atoms with van der Waals surface area (Å²) in [5.41, 5.74) is 1.11. The molecular formula is C16H16Cl2N2O3S. The first-order chi connectivity index (χ1) is 11.1. The first-order valence-corrected chi connectivity index (χ1v) is 9.26. The minimum atomic E-state index is -3.75. The number of hydrogen-bond donors (Lipinski definition) is 1. The third kappa shape index (κ3) is 4.08. The topological polar surface area (TPSA) is 80.5 Å². The Kier molecular flexibility index (Phi) is 5.55. The molecule has 0 radical (unpaired) electrons. The second-order valence-electron chi connectivity index (χ2n) is 5.33. The van der Waals surface area contributed by atoms with Gasteiger partial charge in [0.15, 0.2) is 0 Å². The number of carbonyl (C=O) groups excluding carboxylic acids is 1. The van der Waals surface area contributed by atoms with Gasteiger partial charge in [-0.15, -0.1) is 0 Å². The Bertz CT molecular complexity index is 867. The molecule has 0 fully saturated rings. The van der Waals surface area contributed by atoms with Crippen LogP contribution in [-0.4, -0.2) is 26.3 Å². The van der Waals surface area contributed by atoms with Crippen molar-refractivity contribution in [2.24, 2.45) is 5.14 Å². The molecule has 1 unspecified atom stereocenters. The molecule has 5 nitrogen and oxygen atoms in total. The lowest BCUT2D eigenvalue weighted by Crippen LogP contribution is -2.30. The predicted molar refractivity (Wildman–Crippen MR) is 94.8 cm³/mol. The number of sulfonamides is 1. The van der Waals surface area contributed by atoms with Gasteiger partial charge in [-0.25, -0.2) is 13.6 Å². The van der Waals surface area contributed by atoms with Crippen LogP contribution in [0.25, 0.3) is 0 Å². The minimum Gasteiger partial charge on any atom is -0.335 e. The van der Waals surface area contributed by atoms with Crippen molar-refractivity contribution in [1.82, 2.24) is 4.90 Å². The number of benzene rings is 2. The third-order valence-electron chi connectivity index (χ3n) is 3.75. The molecular weight excluding hydrogens is 371 g/mol. The quantitative estimate of drug-likeness (QED) is 0.872. The molecule has 0 aliphatic rings. The lowest BCUT2D eigenvalue weighted by Gasteiger charge is -2.26. The van der Waals surface area contributed by atoms with Gasteiger partial charge in [0.25, 0.3) is 5.91 Å². The summed E-state index contributed by atoms with van der Waals surface area (Å²) in [7, 11) is -2.10. The molecule has 24 heavy (non-hydrogen) atoms. The number of rotatable bonds is 4. The number of nitrogens with two attached hydrogens (primary N) is 1. The summed E-state index contributed by atoms with van der Waals surface area (Å²) in [6.45, 7) is 1.83. The van der Waals surface area contributed by atoms with Crippen molar-refractivity contribution in [2.75, 3.05) is 7.05 Å². The molecule has 2 aromatic rings. The van der Waals surface area contributed by atoms with Gasteiger partial charge >= 0.3 is 0 Å². The fourth-order valence-corrected chi connectivity index (χ4v) is 3.19. The summed E-state index contributed by atoms with van der Waals surface area (Å²) in [5, 5.41) is 5.80. The summed E-state index contributed by atoms with van der Waals surface area (Å²) in [4.78, 5) is 14.1. The van der Waals surface area contributed by atoms with Crippen molar-refractivity contribution in [3.8, 4) is 0 Å². The maximum atomic E-state index is 12.6. The molecule has 8 heteroatoms. The van der Waals surface area contributed by atoms with Gasteiger partial charge in [0.1, 0.15) is 0 Å². The average Bonchev–Trinajstić information content (AvgIpc) is 2.52. The molecule has 1 amide bonds. The summed E-state index contributed by atoms with van der Waals surface area (Å²) < 4.78 is 22.6. The van der Waals surface area contributed by atoms with Crippen LogP contribution in [0.15, 0.2) is 47.4 Å². The average molecular weight is 387 g/mol. The highest BCUT2D eigenvalue weighted by atomic mass is 35.5. The van der Waals surface area contributed by atoms with Crippen LogP contribution in [0.3, 0.4) is 0 Å². The van der Waals surface area contributed by atoms with Crippen LogP contribution in [0.1, 0.15) is 28.9 Å². The lowest BCUT2D eigenvalue weighted by atomic mass is 10.1. The Morgan fingerprint density at radius 3 is 2.21 bits per heavy atom. The fraction of sp³-hybridized carbons (Fsp3) is 0.188. The van der Waals surface area contributed by atoms with Crippen LogP contribution in [0, 0.1) is 0 Å². The maximum absolute atomic E-state index is 12.6. The van der Waals surface area contributed by atoms with E-state index in [1.165, 1.54) is 23.1 Å². The summed E-state index contributed by atoms with van der Waals surface area (Å²) in [5.74, 6) is -0.264. The van der Waals surface area contributed by atoms with Crippen LogP contribution in [0.2, 0.25) is 10.0 Å². The van der Waals surface area contributed by atoms with Crippen molar-refractivity contribution in [3.63, 3.8) is 0 Å². The number of carbonyl (C=O) groups is 1. The van der Waals surface area contributed by atoms with Gasteiger partial charge in [0, 0.05) is 12.1 Å². The van der Waals surface area contributed by atoms with Gasteiger partial charge in [0.05, 0.1) is 21.5 Å². The zero-order valence-corrected chi connectivity index (χ0v) is 15.4. The Hall–Kier alpha value is -1.60. The SMILES string of the molecule is CC(c1ccc(S(N)(=O)=O)cc1)N(C)C(=O)c1ccc(Cl)cc1Cl. The number of halogens is 2. The Balaban J connectivity index is 2.25. The lowest BCUT2D eigenvalue weighted by molar-refractivity contribution is 0.0743. The number of amides is 1. The molecule has 0 heterocycles. The molecule has 0 aliphatic heterocycles. The van der Waals surface area contributed by atoms with E-state index in [0.29, 0.717) is 10.6 Å². The second kappa shape index (κ2) is 7.11. The predicted octanol–water partition coefficient (Wildman–Crippen LogP) is 3.47. The van der Waals surface area contributed by atoms with Gasteiger partial charge in [0.2, 0.25) is 10.0 Å². The highest BCUT2D eigenvalue weighted by Crippen LogP contribution is 2.26. The molecule has 0 saturated carbocycles. The molecule has 2 aromatic carbocycles. The van der Waals surface area contributed by atoms with Crippen LogP contribution in [0.5, 0.6) is 0 Å². The zero-order valence-electron chi connectivity index (χ0n) is 13.0. The van der Waals surface area contributed by atoms with E-state index in [4.69, 9.17) is 28.3 Å². The van der Waals surface area contributed by atoms with Crippen LogP contribution in [-0.2, 0) is 10.0 Å². The maximum Gasteiger partial charge on any atom is 0.255 e. The summed E-state index contributed by atoms with van der Waals surface area (Å²) in [6.07, 6.45) is 0. The zero-order chi connectivity index (χ0) is 18.1. The van der Waals surface area contributed by atoms with E-state index in [0.717, 1.165) is 5.56 Å². The Labute approximate surface area is 151 Å². The second-order valence-corrected chi connectivity index (χ2v) is 7.74. The van der Waals surface area contributed by atoms with E-state index in [1.54, 1.807) is 31.3 Å². The van der Waals surface area contributed by atoms with Crippen LogP contribution < -0.4 is 5.14 Å². The standard InChI is InChI=1S/C16H16Cl2N2O3S/c1-10(11-3-6-13(7-4-11)24(19,22)23)20(2)16(21)14-8-5-12(17)9-15(14)18/h3-10H,1-2H3,(H2,19,22,23). The van der Waals surface area contributed by atoms with E-state index >= 15 is 0 Å². The molecule has 0 saturated heterocycles. The molecule has 0 aromatic heterocycles. The number of nitrogens with zero attached hydrogens (tertiary/aromatic N) is 1. The van der Waals surface area contributed by atoms with Crippen molar-refractivity contribution in [3.05, 3.63) is 63.6 Å². The molecule has 1 atom stereocenters. The molecule has 2 N–H and O–H groups in total. The van der Waals surface area contributed by atoms with Gasteiger partial charge in [-0.3, -0.25) is 4.79 Å². The molecule has 0 bridgehead atoms. The molecule has 0 aliphatic carbocycles. The van der Waals surface area contributed by atoms with Crippen LogP contribution >= 0.6 is 23.2 Å². The summed E-state index contributed by atoms with van der Waals surface area (Å²) >= 11 is 11.9. The van der Waals surface area contributed by atoms with E-state index < -0.39 is 10.0 Å². The van der Waals surface area contributed by atoms with Crippen molar-refractivity contribution >= 4 is 39.1 Å². The first kappa shape index (κ1) is 18.7. The van der Waals surface area contributed by atoms with Gasteiger partial charge in [-0.1, -0.05) is 35.3 Å². The van der Waals surface area contributed by atoms with E-state index in [2.05, 4.69) is 0 Å².